The molecule has 0 radical (unpaired) electrons. The number of aromatic amines is 1. The first kappa shape index (κ1) is 12.2. The molecule has 0 spiro atoms. The van der Waals surface area contributed by atoms with Crippen LogP contribution in [0.1, 0.15) is 24.6 Å². The monoisotopic (exact) mass is 259 g/mol. The van der Waals surface area contributed by atoms with Crippen molar-refractivity contribution in [1.82, 2.24) is 14.9 Å². The van der Waals surface area contributed by atoms with Gasteiger partial charge in [0.2, 0.25) is 0 Å². The SMILES string of the molecule is CN1CCC(c2nc3ccc(O)cc3c(=O)[nH]2)CC1. The van der Waals surface area contributed by atoms with E-state index < -0.39 is 0 Å². The molecule has 0 atom stereocenters. The molecule has 0 amide bonds. The lowest BCUT2D eigenvalue weighted by Gasteiger charge is -2.28. The molecule has 1 aromatic heterocycles. The van der Waals surface area contributed by atoms with E-state index in [1.807, 2.05) is 0 Å². The normalized spacial score (nSPS) is 17.9. The van der Waals surface area contributed by atoms with Crippen LogP contribution in [-0.2, 0) is 0 Å². The van der Waals surface area contributed by atoms with Crippen LogP contribution >= 0.6 is 0 Å². The number of likely N-dealkylation sites (tertiary alicyclic amines) is 1. The Labute approximate surface area is 110 Å². The second-order valence-corrected chi connectivity index (χ2v) is 5.23. The van der Waals surface area contributed by atoms with Gasteiger partial charge in [-0.1, -0.05) is 0 Å². The van der Waals surface area contributed by atoms with Gasteiger partial charge < -0.3 is 15.0 Å². The number of H-pyrrole nitrogens is 1. The number of rotatable bonds is 1. The molecule has 3 rings (SSSR count). The Morgan fingerprint density at radius 1 is 1.37 bits per heavy atom. The van der Waals surface area contributed by atoms with Gasteiger partial charge in [-0.2, -0.15) is 0 Å². The maximum atomic E-state index is 12.0. The van der Waals surface area contributed by atoms with Crippen LogP contribution in [0, 0.1) is 0 Å². The van der Waals surface area contributed by atoms with E-state index in [1.165, 1.54) is 6.07 Å². The second kappa shape index (κ2) is 4.66. The molecule has 100 valence electrons. The van der Waals surface area contributed by atoms with Crippen LogP contribution in [0.15, 0.2) is 23.0 Å². The van der Waals surface area contributed by atoms with Crippen LogP contribution in [-0.4, -0.2) is 40.1 Å². The van der Waals surface area contributed by atoms with Gasteiger partial charge in [0.15, 0.2) is 0 Å². The van der Waals surface area contributed by atoms with E-state index >= 15 is 0 Å². The fourth-order valence-corrected chi connectivity index (χ4v) is 2.62. The Bertz CT molecular complexity index is 657. The fourth-order valence-electron chi connectivity index (χ4n) is 2.62. The molecule has 0 unspecified atom stereocenters. The quantitative estimate of drug-likeness (QED) is 0.813. The van der Waals surface area contributed by atoms with Gasteiger partial charge >= 0.3 is 0 Å². The molecule has 0 bridgehead atoms. The van der Waals surface area contributed by atoms with Crippen molar-refractivity contribution in [3.63, 3.8) is 0 Å². The molecule has 1 aliphatic heterocycles. The molecule has 2 heterocycles. The van der Waals surface area contributed by atoms with Crippen LogP contribution < -0.4 is 5.56 Å². The highest BCUT2D eigenvalue weighted by molar-refractivity contribution is 5.78. The zero-order valence-electron chi connectivity index (χ0n) is 10.9. The van der Waals surface area contributed by atoms with Crippen LogP contribution in [0.4, 0.5) is 0 Å². The lowest BCUT2D eigenvalue weighted by Crippen LogP contribution is -2.30. The fraction of sp³-hybridized carbons (Fsp3) is 0.429. The van der Waals surface area contributed by atoms with Crippen molar-refractivity contribution in [2.45, 2.75) is 18.8 Å². The van der Waals surface area contributed by atoms with E-state index in [0.717, 1.165) is 31.8 Å². The molecular formula is C14H17N3O2. The number of aromatic nitrogens is 2. The molecule has 1 aromatic carbocycles. The van der Waals surface area contributed by atoms with Crippen molar-refractivity contribution < 1.29 is 5.11 Å². The molecule has 19 heavy (non-hydrogen) atoms. The van der Waals surface area contributed by atoms with Gasteiger partial charge in [-0.15, -0.1) is 0 Å². The maximum Gasteiger partial charge on any atom is 0.258 e. The minimum Gasteiger partial charge on any atom is -0.508 e. The first-order chi connectivity index (χ1) is 9.13. The highest BCUT2D eigenvalue weighted by Crippen LogP contribution is 2.25. The number of hydrogen-bond acceptors (Lipinski definition) is 4. The predicted octanol–water partition coefficient (Wildman–Crippen LogP) is 1.44. The molecule has 1 fully saturated rings. The zero-order chi connectivity index (χ0) is 13.4. The van der Waals surface area contributed by atoms with Crippen molar-refractivity contribution in [3.05, 3.63) is 34.4 Å². The number of nitrogens with one attached hydrogen (secondary N) is 1. The average molecular weight is 259 g/mol. The minimum atomic E-state index is -0.171. The third-order valence-electron chi connectivity index (χ3n) is 3.81. The number of phenols is 1. The highest BCUT2D eigenvalue weighted by Gasteiger charge is 2.21. The smallest absolute Gasteiger partial charge is 0.258 e. The summed E-state index contributed by atoms with van der Waals surface area (Å²) in [4.78, 5) is 21.7. The summed E-state index contributed by atoms with van der Waals surface area (Å²) in [7, 11) is 2.11. The number of fused-ring (bicyclic) bond motifs is 1. The van der Waals surface area contributed by atoms with Crippen LogP contribution in [0.25, 0.3) is 10.9 Å². The zero-order valence-corrected chi connectivity index (χ0v) is 10.9. The number of aromatic hydroxyl groups is 1. The first-order valence-electron chi connectivity index (χ1n) is 6.55. The molecule has 1 aliphatic rings. The number of hydrogen-bond donors (Lipinski definition) is 2. The lowest BCUT2D eigenvalue weighted by molar-refractivity contribution is 0.251. The van der Waals surface area contributed by atoms with Gasteiger partial charge in [-0.3, -0.25) is 4.79 Å². The van der Waals surface area contributed by atoms with Crippen molar-refractivity contribution in [3.8, 4) is 5.75 Å². The Morgan fingerprint density at radius 3 is 2.84 bits per heavy atom. The predicted molar refractivity (Wildman–Crippen MR) is 73.5 cm³/mol. The summed E-state index contributed by atoms with van der Waals surface area (Å²) in [6, 6.07) is 4.71. The maximum absolute atomic E-state index is 12.0. The van der Waals surface area contributed by atoms with Crippen molar-refractivity contribution in [2.75, 3.05) is 20.1 Å². The van der Waals surface area contributed by atoms with E-state index in [0.29, 0.717) is 16.8 Å². The van der Waals surface area contributed by atoms with Crippen molar-refractivity contribution in [1.29, 1.82) is 0 Å². The summed E-state index contributed by atoms with van der Waals surface area (Å²) in [5, 5.41) is 9.86. The molecule has 5 nitrogen and oxygen atoms in total. The second-order valence-electron chi connectivity index (χ2n) is 5.23. The van der Waals surface area contributed by atoms with Crippen molar-refractivity contribution >= 4 is 10.9 Å². The van der Waals surface area contributed by atoms with Crippen LogP contribution in [0.5, 0.6) is 5.75 Å². The van der Waals surface area contributed by atoms with Gasteiger partial charge in [0.25, 0.3) is 5.56 Å². The van der Waals surface area contributed by atoms with E-state index in [4.69, 9.17) is 0 Å². The van der Waals surface area contributed by atoms with E-state index in [2.05, 4.69) is 21.9 Å². The summed E-state index contributed by atoms with van der Waals surface area (Å²) in [6.45, 7) is 2.06. The Hall–Kier alpha value is -1.88. The molecule has 0 aliphatic carbocycles. The number of piperidine rings is 1. The number of phenolic OH excluding ortho intramolecular Hbond substituents is 1. The Balaban J connectivity index is 2.01. The summed E-state index contributed by atoms with van der Waals surface area (Å²) in [6.07, 6.45) is 2.03. The van der Waals surface area contributed by atoms with Gasteiger partial charge in [0.05, 0.1) is 10.9 Å². The van der Waals surface area contributed by atoms with Gasteiger partial charge in [-0.25, -0.2) is 4.98 Å². The highest BCUT2D eigenvalue weighted by atomic mass is 16.3. The van der Waals surface area contributed by atoms with Crippen LogP contribution in [0.3, 0.4) is 0 Å². The summed E-state index contributed by atoms with van der Waals surface area (Å²) in [5.74, 6) is 1.19. The molecular weight excluding hydrogens is 242 g/mol. The third-order valence-corrected chi connectivity index (χ3v) is 3.81. The first-order valence-corrected chi connectivity index (χ1v) is 6.55. The molecule has 0 saturated carbocycles. The average Bonchev–Trinajstić information content (AvgIpc) is 2.40. The van der Waals surface area contributed by atoms with Gasteiger partial charge in [0, 0.05) is 5.92 Å². The van der Waals surface area contributed by atoms with Gasteiger partial charge in [-0.05, 0) is 51.2 Å². The van der Waals surface area contributed by atoms with Gasteiger partial charge in [0.1, 0.15) is 11.6 Å². The largest absolute Gasteiger partial charge is 0.508 e. The minimum absolute atomic E-state index is 0.0897. The van der Waals surface area contributed by atoms with E-state index in [1.54, 1.807) is 12.1 Å². The number of benzene rings is 1. The van der Waals surface area contributed by atoms with E-state index in [-0.39, 0.29) is 11.3 Å². The summed E-state index contributed by atoms with van der Waals surface area (Å²) < 4.78 is 0. The molecule has 2 aromatic rings. The topological polar surface area (TPSA) is 69.2 Å². The Morgan fingerprint density at radius 2 is 2.11 bits per heavy atom. The number of nitrogens with zero attached hydrogens (tertiary/aromatic N) is 2. The van der Waals surface area contributed by atoms with Crippen molar-refractivity contribution in [2.24, 2.45) is 0 Å². The third kappa shape index (κ3) is 2.33. The van der Waals surface area contributed by atoms with E-state index in [9.17, 15) is 9.90 Å². The standard InChI is InChI=1S/C14H17N3O2/c1-17-6-4-9(5-7-17)13-15-12-3-2-10(18)8-11(12)14(19)16-13/h2-3,8-9,18H,4-7H2,1H3,(H,15,16,19). The molecule has 2 N–H and O–H groups in total. The lowest BCUT2D eigenvalue weighted by atomic mass is 9.96. The van der Waals surface area contributed by atoms with Crippen LogP contribution in [0.2, 0.25) is 0 Å². The molecule has 1 saturated heterocycles. The summed E-state index contributed by atoms with van der Waals surface area (Å²) in [5.41, 5.74) is 0.477. The molecule has 5 heteroatoms. The summed E-state index contributed by atoms with van der Waals surface area (Å²) >= 11 is 0. The Kier molecular flexibility index (Phi) is 2.98.